The van der Waals surface area contributed by atoms with E-state index in [1.54, 1.807) is 18.2 Å². The summed E-state index contributed by atoms with van der Waals surface area (Å²) in [6.45, 7) is 0. The van der Waals surface area contributed by atoms with Crippen LogP contribution in [0.25, 0.3) is 11.1 Å². The number of benzene rings is 5. The number of hydrogen-bond donors (Lipinski definition) is 0. The Morgan fingerprint density at radius 3 is 1.55 bits per heavy atom. The molecule has 0 aliphatic heterocycles. The molecule has 2 aliphatic rings. The molecule has 0 radical (unpaired) electrons. The quantitative estimate of drug-likeness (QED) is 0.225. The number of rotatable bonds is 5. The van der Waals surface area contributed by atoms with Crippen LogP contribution in [-0.2, 0) is 9.84 Å². The fraction of sp³-hybridized carbons (Fsp3) is 0.0556. The van der Waals surface area contributed by atoms with E-state index < -0.39 is 9.84 Å². The summed E-state index contributed by atoms with van der Waals surface area (Å²) in [5, 5.41) is 0. The molecule has 2 atom stereocenters. The van der Waals surface area contributed by atoms with E-state index in [-0.39, 0.29) is 16.7 Å². The van der Waals surface area contributed by atoms with Crippen LogP contribution < -0.4 is 4.90 Å². The molecule has 0 saturated carbocycles. The highest BCUT2D eigenvalue weighted by molar-refractivity contribution is 7.95. The first-order valence-electron chi connectivity index (χ1n) is 13.4. The van der Waals surface area contributed by atoms with Crippen LogP contribution in [0.4, 0.5) is 17.1 Å². The first-order valence-corrected chi connectivity index (χ1v) is 14.9. The molecule has 0 fully saturated rings. The SMILES string of the molecule is O=S(=O)(C1=CC2c3ccccc3-c3ccccc3C2C=C1)c1ccc(N(c2ccccc2)c2ccccc2)cc1. The van der Waals surface area contributed by atoms with Gasteiger partial charge in [-0.3, -0.25) is 0 Å². The predicted octanol–water partition coefficient (Wildman–Crippen LogP) is 8.93. The Morgan fingerprint density at radius 1 is 0.500 bits per heavy atom. The lowest BCUT2D eigenvalue weighted by Gasteiger charge is -2.34. The molecule has 5 aromatic rings. The number of allylic oxidation sites excluding steroid dienone is 3. The van der Waals surface area contributed by atoms with Crippen molar-refractivity contribution in [3.05, 3.63) is 168 Å². The van der Waals surface area contributed by atoms with E-state index in [0.29, 0.717) is 4.91 Å². The monoisotopic (exact) mass is 537 g/mol. The summed E-state index contributed by atoms with van der Waals surface area (Å²) in [6.07, 6.45) is 5.80. The minimum Gasteiger partial charge on any atom is -0.311 e. The molecule has 0 amide bonds. The van der Waals surface area contributed by atoms with Crippen LogP contribution >= 0.6 is 0 Å². The highest BCUT2D eigenvalue weighted by Crippen LogP contribution is 2.50. The first-order chi connectivity index (χ1) is 19.6. The second kappa shape index (κ2) is 9.82. The van der Waals surface area contributed by atoms with Crippen LogP contribution in [-0.4, -0.2) is 8.42 Å². The van der Waals surface area contributed by atoms with Gasteiger partial charge in [-0.2, -0.15) is 0 Å². The molecule has 7 rings (SSSR count). The lowest BCUT2D eigenvalue weighted by Crippen LogP contribution is -2.19. The van der Waals surface area contributed by atoms with Gasteiger partial charge in [0.2, 0.25) is 9.84 Å². The number of fused-ring (bicyclic) bond motifs is 6. The summed E-state index contributed by atoms with van der Waals surface area (Å²) >= 11 is 0. The molecule has 194 valence electrons. The molecular weight excluding hydrogens is 510 g/mol. The molecule has 40 heavy (non-hydrogen) atoms. The normalized spacial score (nSPS) is 17.2. The van der Waals surface area contributed by atoms with Crippen LogP contribution in [0.15, 0.2) is 161 Å². The van der Waals surface area contributed by atoms with E-state index in [1.807, 2.05) is 91.0 Å². The minimum atomic E-state index is -3.71. The predicted molar refractivity (Wildman–Crippen MR) is 163 cm³/mol. The summed E-state index contributed by atoms with van der Waals surface area (Å²) in [4.78, 5) is 2.76. The highest BCUT2D eigenvalue weighted by atomic mass is 32.2. The maximum absolute atomic E-state index is 13.9. The average Bonchev–Trinajstić information content (AvgIpc) is 3.02. The van der Waals surface area contributed by atoms with Crippen LogP contribution in [0.3, 0.4) is 0 Å². The van der Waals surface area contributed by atoms with E-state index in [1.165, 1.54) is 22.3 Å². The molecule has 2 unspecified atom stereocenters. The highest BCUT2D eigenvalue weighted by Gasteiger charge is 2.34. The van der Waals surface area contributed by atoms with Gasteiger partial charge >= 0.3 is 0 Å². The van der Waals surface area contributed by atoms with Crippen LogP contribution in [0.2, 0.25) is 0 Å². The Morgan fingerprint density at radius 2 is 0.975 bits per heavy atom. The third kappa shape index (κ3) is 4.09. The Hall–Kier alpha value is -4.67. The summed E-state index contributed by atoms with van der Waals surface area (Å²) in [5.74, 6) is 0.0736. The van der Waals surface area contributed by atoms with E-state index in [0.717, 1.165) is 17.1 Å². The fourth-order valence-corrected chi connectivity index (χ4v) is 7.34. The average molecular weight is 538 g/mol. The lowest BCUT2D eigenvalue weighted by atomic mass is 9.70. The summed E-state index contributed by atoms with van der Waals surface area (Å²) < 4.78 is 27.8. The van der Waals surface area contributed by atoms with Crippen molar-refractivity contribution in [2.24, 2.45) is 0 Å². The number of nitrogens with zero attached hydrogens (tertiary/aromatic N) is 1. The van der Waals surface area contributed by atoms with Crippen molar-refractivity contribution in [2.75, 3.05) is 4.90 Å². The molecule has 0 saturated heterocycles. The van der Waals surface area contributed by atoms with Gasteiger partial charge < -0.3 is 4.90 Å². The van der Waals surface area contributed by atoms with Gasteiger partial charge in [-0.25, -0.2) is 8.42 Å². The van der Waals surface area contributed by atoms with Gasteiger partial charge in [0.1, 0.15) is 0 Å². The van der Waals surface area contributed by atoms with Gasteiger partial charge in [0, 0.05) is 28.9 Å². The van der Waals surface area contributed by atoms with Gasteiger partial charge in [0.25, 0.3) is 0 Å². The zero-order valence-electron chi connectivity index (χ0n) is 21.8. The smallest absolute Gasteiger partial charge is 0.206 e. The summed E-state index contributed by atoms with van der Waals surface area (Å²) in [5.41, 5.74) is 7.70. The molecule has 0 heterocycles. The molecule has 5 aromatic carbocycles. The van der Waals surface area contributed by atoms with Crippen molar-refractivity contribution >= 4 is 26.9 Å². The van der Waals surface area contributed by atoms with Gasteiger partial charge in [0.05, 0.1) is 9.80 Å². The molecule has 0 N–H and O–H groups in total. The van der Waals surface area contributed by atoms with Crippen molar-refractivity contribution in [2.45, 2.75) is 16.7 Å². The number of para-hydroxylation sites is 2. The fourth-order valence-electron chi connectivity index (χ4n) is 5.99. The van der Waals surface area contributed by atoms with Crippen molar-refractivity contribution in [3.63, 3.8) is 0 Å². The maximum Gasteiger partial charge on any atom is 0.206 e. The lowest BCUT2D eigenvalue weighted by molar-refractivity contribution is 0.601. The molecule has 2 aliphatic carbocycles. The van der Waals surface area contributed by atoms with Gasteiger partial charge in [-0.15, -0.1) is 0 Å². The summed E-state index contributed by atoms with van der Waals surface area (Å²) in [7, 11) is -3.71. The number of sulfone groups is 1. The zero-order chi connectivity index (χ0) is 27.1. The second-order valence-electron chi connectivity index (χ2n) is 10.2. The molecule has 3 nitrogen and oxygen atoms in total. The van der Waals surface area contributed by atoms with E-state index >= 15 is 0 Å². The van der Waals surface area contributed by atoms with Crippen LogP contribution in [0, 0.1) is 0 Å². The topological polar surface area (TPSA) is 37.4 Å². The van der Waals surface area contributed by atoms with Crippen LogP contribution in [0.1, 0.15) is 23.0 Å². The Labute approximate surface area is 235 Å². The second-order valence-corrected chi connectivity index (χ2v) is 12.1. The van der Waals surface area contributed by atoms with Gasteiger partial charge in [-0.1, -0.05) is 97.1 Å². The molecule has 0 aromatic heterocycles. The van der Waals surface area contributed by atoms with E-state index in [2.05, 4.69) is 47.4 Å². The molecule has 0 bridgehead atoms. The molecular formula is C36H27NO2S. The maximum atomic E-state index is 13.9. The van der Waals surface area contributed by atoms with E-state index in [9.17, 15) is 8.42 Å². The largest absolute Gasteiger partial charge is 0.311 e. The van der Waals surface area contributed by atoms with Gasteiger partial charge in [-0.05, 0) is 76.9 Å². The zero-order valence-corrected chi connectivity index (χ0v) is 22.6. The third-order valence-corrected chi connectivity index (χ3v) is 9.66. The van der Waals surface area contributed by atoms with Crippen molar-refractivity contribution in [1.29, 1.82) is 0 Å². The number of hydrogen-bond acceptors (Lipinski definition) is 3. The van der Waals surface area contributed by atoms with Gasteiger partial charge in [0.15, 0.2) is 0 Å². The Bertz CT molecular complexity index is 1820. The van der Waals surface area contributed by atoms with Crippen molar-refractivity contribution < 1.29 is 8.42 Å². The van der Waals surface area contributed by atoms with E-state index in [4.69, 9.17) is 0 Å². The van der Waals surface area contributed by atoms with Crippen LogP contribution in [0.5, 0.6) is 0 Å². The van der Waals surface area contributed by atoms with Crippen molar-refractivity contribution in [3.8, 4) is 11.1 Å². The standard InChI is InChI=1S/C36H27NO2S/c38-40(39,29-21-19-28(20-22-29)37(26-11-3-1-4-12-26)27-13-5-2-6-14-27)30-23-24-35-33-17-8-7-15-31(33)32-16-9-10-18-34(32)36(35)25-30/h1-25,35-36H. The third-order valence-electron chi connectivity index (χ3n) is 7.87. The first kappa shape index (κ1) is 24.4. The molecule has 0 spiro atoms. The minimum absolute atomic E-state index is 0.0354. The summed E-state index contributed by atoms with van der Waals surface area (Å²) in [6, 6.07) is 44.1. The van der Waals surface area contributed by atoms with Crippen molar-refractivity contribution in [1.82, 2.24) is 0 Å². The molecule has 4 heteroatoms. The Kier molecular flexibility index (Phi) is 5.98. The number of anilines is 3. The Balaban J connectivity index is 1.25.